The summed E-state index contributed by atoms with van der Waals surface area (Å²) in [5.41, 5.74) is 3.86. The number of quaternary nitrogens is 1. The van der Waals surface area contributed by atoms with E-state index in [1.54, 1.807) is 0 Å². The molecular formula is C26H33N+. The van der Waals surface area contributed by atoms with E-state index in [1.807, 2.05) is 0 Å². The summed E-state index contributed by atoms with van der Waals surface area (Å²) in [6.45, 7) is 4.15. The van der Waals surface area contributed by atoms with E-state index in [9.17, 15) is 0 Å². The summed E-state index contributed by atoms with van der Waals surface area (Å²) >= 11 is 0. The first kappa shape index (κ1) is 20.9. The minimum absolute atomic E-state index is 0.133. The molecule has 0 spiro atoms. The second-order valence-electron chi connectivity index (χ2n) is 8.29. The molecule has 1 radical (unpaired) electrons. The maximum atomic E-state index is 4.15. The maximum Gasteiger partial charge on any atom is 0.0675 e. The number of rotatable bonds is 5. The molecule has 141 valence electrons. The Kier molecular flexibility index (Phi) is 7.38. The van der Waals surface area contributed by atoms with Crippen LogP contribution in [-0.4, -0.2) is 32.7 Å². The third-order valence-electron chi connectivity index (χ3n) is 4.35. The summed E-state index contributed by atoms with van der Waals surface area (Å²) in [7, 11) is 8.50. The lowest BCUT2D eigenvalue weighted by Gasteiger charge is -2.36. The van der Waals surface area contributed by atoms with Gasteiger partial charge in [-0.3, -0.25) is 0 Å². The van der Waals surface area contributed by atoms with E-state index >= 15 is 0 Å². The topological polar surface area (TPSA) is 0 Å². The predicted octanol–water partition coefficient (Wildman–Crippen LogP) is 5.96. The Labute approximate surface area is 165 Å². The lowest BCUT2D eigenvalue weighted by Crippen LogP contribution is -2.29. The van der Waals surface area contributed by atoms with Crippen molar-refractivity contribution in [1.82, 2.24) is 0 Å². The molecule has 1 heteroatoms. The Bertz CT molecular complexity index is 668. The molecule has 3 rings (SSSR count). The molecule has 0 aliphatic rings. The van der Waals surface area contributed by atoms with Crippen molar-refractivity contribution in [2.24, 2.45) is 0 Å². The van der Waals surface area contributed by atoms with E-state index in [-0.39, 0.29) is 5.41 Å². The summed E-state index contributed by atoms with van der Waals surface area (Å²) in [5, 5.41) is 0. The van der Waals surface area contributed by atoms with Crippen LogP contribution in [0.3, 0.4) is 0 Å². The number of hydrogen-bond donors (Lipinski definition) is 0. The molecule has 1 nitrogen and oxygen atoms in total. The van der Waals surface area contributed by atoms with Gasteiger partial charge < -0.3 is 4.48 Å². The van der Waals surface area contributed by atoms with E-state index in [4.69, 9.17) is 0 Å². The molecule has 0 saturated heterocycles. The Balaban J connectivity index is 0.000000465. The Morgan fingerprint density at radius 2 is 0.852 bits per heavy atom. The molecule has 0 aromatic heterocycles. The van der Waals surface area contributed by atoms with Gasteiger partial charge in [0.25, 0.3) is 0 Å². The molecule has 0 saturated carbocycles. The number of hydrogen-bond acceptors (Lipinski definition) is 0. The normalized spacial score (nSPS) is 11.4. The molecule has 0 heterocycles. The van der Waals surface area contributed by atoms with Crippen molar-refractivity contribution in [2.45, 2.75) is 18.3 Å². The fourth-order valence-corrected chi connectivity index (χ4v) is 3.37. The molecule has 0 amide bonds. The van der Waals surface area contributed by atoms with Crippen molar-refractivity contribution in [1.29, 1.82) is 0 Å². The number of benzene rings is 3. The average Bonchev–Trinajstić information content (AvgIpc) is 2.67. The van der Waals surface area contributed by atoms with Crippen molar-refractivity contribution < 1.29 is 4.48 Å². The molecular weight excluding hydrogens is 326 g/mol. The Morgan fingerprint density at radius 3 is 1.07 bits per heavy atom. The maximum absolute atomic E-state index is 4.15. The van der Waals surface area contributed by atoms with Crippen LogP contribution in [-0.2, 0) is 5.41 Å². The molecule has 27 heavy (non-hydrogen) atoms. The average molecular weight is 360 g/mol. The van der Waals surface area contributed by atoms with Crippen LogP contribution >= 0.6 is 0 Å². The molecule has 3 aromatic rings. The smallest absolute Gasteiger partial charge is 0.0675 e. The number of nitrogens with zero attached hydrogens (tertiary/aromatic N) is 1. The van der Waals surface area contributed by atoms with E-state index in [0.717, 1.165) is 17.3 Å². The first-order valence-electron chi connectivity index (χ1n) is 9.62. The first-order valence-corrected chi connectivity index (χ1v) is 9.62. The molecule has 0 aliphatic carbocycles. The zero-order valence-electron chi connectivity index (χ0n) is 17.2. The van der Waals surface area contributed by atoms with Crippen LogP contribution in [0.1, 0.15) is 29.5 Å². The van der Waals surface area contributed by atoms with Crippen molar-refractivity contribution in [3.8, 4) is 0 Å². The van der Waals surface area contributed by atoms with Gasteiger partial charge in [0.1, 0.15) is 0 Å². The predicted molar refractivity (Wildman–Crippen MR) is 118 cm³/mol. The zero-order valence-corrected chi connectivity index (χ0v) is 17.2. The van der Waals surface area contributed by atoms with Gasteiger partial charge in [-0.2, -0.15) is 0 Å². The van der Waals surface area contributed by atoms with Crippen molar-refractivity contribution >= 4 is 0 Å². The zero-order chi connectivity index (χ0) is 19.8. The van der Waals surface area contributed by atoms with Crippen LogP contribution in [0.15, 0.2) is 91.0 Å². The van der Waals surface area contributed by atoms with E-state index in [2.05, 4.69) is 126 Å². The van der Waals surface area contributed by atoms with Gasteiger partial charge in [0.05, 0.1) is 28.2 Å². The summed E-state index contributed by atoms with van der Waals surface area (Å²) in [4.78, 5) is 0. The summed E-state index contributed by atoms with van der Waals surface area (Å²) in [6, 6.07) is 32.4. The Morgan fingerprint density at radius 1 is 0.593 bits per heavy atom. The van der Waals surface area contributed by atoms with Gasteiger partial charge in [-0.05, 0) is 23.1 Å². The largest absolute Gasteiger partial charge is 0.333 e. The third kappa shape index (κ3) is 5.80. The monoisotopic (exact) mass is 359 g/mol. The molecule has 0 atom stereocenters. The highest BCUT2D eigenvalue weighted by molar-refractivity contribution is 5.50. The van der Waals surface area contributed by atoms with Gasteiger partial charge in [0.15, 0.2) is 0 Å². The van der Waals surface area contributed by atoms with Crippen LogP contribution < -0.4 is 0 Å². The van der Waals surface area contributed by atoms with Crippen LogP contribution in [0, 0.1) is 6.92 Å². The van der Waals surface area contributed by atoms with Crippen molar-refractivity contribution in [2.75, 3.05) is 28.2 Å². The van der Waals surface area contributed by atoms with Crippen LogP contribution in [0.4, 0.5) is 0 Å². The van der Waals surface area contributed by atoms with Crippen molar-refractivity contribution in [3.63, 3.8) is 0 Å². The summed E-state index contributed by atoms with van der Waals surface area (Å²) in [6.07, 6.45) is 1.88. The van der Waals surface area contributed by atoms with Gasteiger partial charge in [0, 0.05) is 5.41 Å². The van der Waals surface area contributed by atoms with Crippen molar-refractivity contribution in [3.05, 3.63) is 115 Å². The highest BCUT2D eigenvalue weighted by Crippen LogP contribution is 2.42. The van der Waals surface area contributed by atoms with Crippen LogP contribution in [0.2, 0.25) is 0 Å². The minimum Gasteiger partial charge on any atom is -0.333 e. The van der Waals surface area contributed by atoms with Crippen LogP contribution in [0.25, 0.3) is 0 Å². The van der Waals surface area contributed by atoms with E-state index in [0.29, 0.717) is 0 Å². The molecule has 0 N–H and O–H groups in total. The van der Waals surface area contributed by atoms with Gasteiger partial charge in [-0.1, -0.05) is 104 Å². The van der Waals surface area contributed by atoms with Gasteiger partial charge >= 0.3 is 0 Å². The lowest BCUT2D eigenvalue weighted by molar-refractivity contribution is -0.849. The summed E-state index contributed by atoms with van der Waals surface area (Å²) in [5.74, 6) is 0. The highest BCUT2D eigenvalue weighted by atomic mass is 15.2. The Hall–Kier alpha value is -2.38. The second kappa shape index (κ2) is 9.53. The first-order chi connectivity index (χ1) is 12.9. The second-order valence-corrected chi connectivity index (χ2v) is 8.29. The van der Waals surface area contributed by atoms with Gasteiger partial charge in [0.2, 0.25) is 0 Å². The lowest BCUT2D eigenvalue weighted by atomic mass is 9.67. The van der Waals surface area contributed by atoms with Gasteiger partial charge in [-0.25, -0.2) is 0 Å². The fourth-order valence-electron chi connectivity index (χ4n) is 3.37. The molecule has 3 aromatic carbocycles. The summed E-state index contributed by atoms with van der Waals surface area (Å²) < 4.78 is 1.00. The minimum atomic E-state index is -0.133. The standard InChI is InChI=1S/C22H21.C4H12N/c1-2-18-22(19-12-6-3-7-13-19,20-14-8-4-9-15-20)21-16-10-5-11-17-21;1-5(2,3)4/h3-17H,1-2,18H2;1-4H3/q;+1. The molecule has 0 aliphatic heterocycles. The fraction of sp³-hybridized carbons (Fsp3) is 0.269. The van der Waals surface area contributed by atoms with Gasteiger partial charge in [-0.15, -0.1) is 0 Å². The third-order valence-corrected chi connectivity index (χ3v) is 4.35. The molecule has 0 bridgehead atoms. The molecule has 0 fully saturated rings. The molecule has 0 unspecified atom stereocenters. The quantitative estimate of drug-likeness (QED) is 0.389. The highest BCUT2D eigenvalue weighted by Gasteiger charge is 2.34. The SMILES string of the molecule is C[N+](C)(C)C.[CH2]CCC(c1ccccc1)(c1ccccc1)c1ccccc1. The van der Waals surface area contributed by atoms with E-state index < -0.39 is 0 Å². The van der Waals surface area contributed by atoms with E-state index in [1.165, 1.54) is 16.7 Å². The van der Waals surface area contributed by atoms with Crippen LogP contribution in [0.5, 0.6) is 0 Å².